The van der Waals surface area contributed by atoms with Crippen LogP contribution in [0.4, 0.5) is 0 Å². The fourth-order valence-electron chi connectivity index (χ4n) is 1.85. The second kappa shape index (κ2) is 4.44. The third-order valence-corrected chi connectivity index (χ3v) is 2.70. The Morgan fingerprint density at radius 2 is 2.00 bits per heavy atom. The Balaban J connectivity index is 2.73. The Morgan fingerprint density at radius 3 is 2.50 bits per heavy atom. The monoisotopic (exact) mass is 198 g/mol. The average Bonchev–Trinajstić information content (AvgIpc) is 2.15. The molecule has 0 bridgehead atoms. The SMILES string of the molecule is CCCC1NC(=O)C(CC)N(C)C1=O. The molecular weight excluding hydrogens is 180 g/mol. The van der Waals surface area contributed by atoms with Gasteiger partial charge in [0.05, 0.1) is 0 Å². The molecule has 1 heterocycles. The molecule has 0 aromatic carbocycles. The van der Waals surface area contributed by atoms with Crippen LogP contribution in [-0.2, 0) is 9.59 Å². The minimum absolute atomic E-state index is 0.0203. The van der Waals surface area contributed by atoms with E-state index in [1.54, 1.807) is 11.9 Å². The second-order valence-corrected chi connectivity index (χ2v) is 3.72. The lowest BCUT2D eigenvalue weighted by Gasteiger charge is -2.36. The summed E-state index contributed by atoms with van der Waals surface area (Å²) in [6, 6.07) is -0.587. The Hall–Kier alpha value is -1.06. The van der Waals surface area contributed by atoms with Crippen LogP contribution in [0.25, 0.3) is 0 Å². The van der Waals surface area contributed by atoms with E-state index in [9.17, 15) is 9.59 Å². The molecule has 1 N–H and O–H groups in total. The van der Waals surface area contributed by atoms with Crippen molar-refractivity contribution in [1.29, 1.82) is 0 Å². The van der Waals surface area contributed by atoms with Gasteiger partial charge in [0.1, 0.15) is 12.1 Å². The van der Waals surface area contributed by atoms with Crippen molar-refractivity contribution in [1.82, 2.24) is 10.2 Å². The van der Waals surface area contributed by atoms with E-state index in [-0.39, 0.29) is 23.9 Å². The van der Waals surface area contributed by atoms with E-state index in [4.69, 9.17) is 0 Å². The molecule has 14 heavy (non-hydrogen) atoms. The Labute approximate surface area is 84.7 Å². The van der Waals surface area contributed by atoms with Gasteiger partial charge in [0.2, 0.25) is 11.8 Å². The summed E-state index contributed by atoms with van der Waals surface area (Å²) >= 11 is 0. The van der Waals surface area contributed by atoms with Crippen molar-refractivity contribution in [3.05, 3.63) is 0 Å². The van der Waals surface area contributed by atoms with Crippen LogP contribution < -0.4 is 5.32 Å². The van der Waals surface area contributed by atoms with Gasteiger partial charge in [0, 0.05) is 7.05 Å². The molecule has 0 aliphatic carbocycles. The second-order valence-electron chi connectivity index (χ2n) is 3.72. The van der Waals surface area contributed by atoms with Gasteiger partial charge in [-0.15, -0.1) is 0 Å². The van der Waals surface area contributed by atoms with Crippen LogP contribution in [0.3, 0.4) is 0 Å². The van der Waals surface area contributed by atoms with Crippen molar-refractivity contribution in [3.63, 3.8) is 0 Å². The summed E-state index contributed by atoms with van der Waals surface area (Å²) in [7, 11) is 1.71. The third kappa shape index (κ3) is 1.89. The van der Waals surface area contributed by atoms with Gasteiger partial charge < -0.3 is 10.2 Å². The Kier molecular flexibility index (Phi) is 3.49. The van der Waals surface area contributed by atoms with Crippen LogP contribution in [0.2, 0.25) is 0 Å². The smallest absolute Gasteiger partial charge is 0.245 e. The molecular formula is C10H18N2O2. The summed E-state index contributed by atoms with van der Waals surface area (Å²) in [6.45, 7) is 3.92. The van der Waals surface area contributed by atoms with Gasteiger partial charge in [-0.3, -0.25) is 9.59 Å². The average molecular weight is 198 g/mol. The van der Waals surface area contributed by atoms with Gasteiger partial charge in [-0.25, -0.2) is 0 Å². The molecule has 0 radical (unpaired) electrons. The highest BCUT2D eigenvalue weighted by molar-refractivity contribution is 5.96. The molecule has 80 valence electrons. The molecule has 1 aliphatic rings. The summed E-state index contributed by atoms with van der Waals surface area (Å²) in [5, 5.41) is 2.77. The molecule has 1 aliphatic heterocycles. The number of hydrogen-bond acceptors (Lipinski definition) is 2. The van der Waals surface area contributed by atoms with Crippen LogP contribution in [0, 0.1) is 0 Å². The summed E-state index contributed by atoms with van der Waals surface area (Å²) in [5.74, 6) is 0.0198. The fraction of sp³-hybridized carbons (Fsp3) is 0.800. The Morgan fingerprint density at radius 1 is 1.36 bits per heavy atom. The number of hydrogen-bond donors (Lipinski definition) is 1. The summed E-state index contributed by atoms with van der Waals surface area (Å²) in [4.78, 5) is 24.9. The number of amides is 2. The van der Waals surface area contributed by atoms with Crippen molar-refractivity contribution in [3.8, 4) is 0 Å². The van der Waals surface area contributed by atoms with E-state index >= 15 is 0 Å². The topological polar surface area (TPSA) is 49.4 Å². The van der Waals surface area contributed by atoms with Crippen molar-refractivity contribution < 1.29 is 9.59 Å². The van der Waals surface area contributed by atoms with Crippen molar-refractivity contribution in [2.75, 3.05) is 7.05 Å². The van der Waals surface area contributed by atoms with Crippen molar-refractivity contribution in [2.45, 2.75) is 45.2 Å². The van der Waals surface area contributed by atoms with Gasteiger partial charge in [-0.05, 0) is 12.8 Å². The minimum Gasteiger partial charge on any atom is -0.343 e. The first-order valence-corrected chi connectivity index (χ1v) is 5.18. The molecule has 2 atom stereocenters. The normalized spacial score (nSPS) is 27.8. The van der Waals surface area contributed by atoms with Crippen LogP contribution in [0.5, 0.6) is 0 Å². The molecule has 4 nitrogen and oxygen atoms in total. The lowest BCUT2D eigenvalue weighted by Crippen LogP contribution is -2.61. The molecule has 2 unspecified atom stereocenters. The van der Waals surface area contributed by atoms with E-state index in [1.807, 2.05) is 13.8 Å². The first-order valence-electron chi connectivity index (χ1n) is 5.18. The molecule has 0 aromatic heterocycles. The molecule has 2 amide bonds. The van der Waals surface area contributed by atoms with Crippen LogP contribution in [-0.4, -0.2) is 35.8 Å². The van der Waals surface area contributed by atoms with Crippen LogP contribution in [0.1, 0.15) is 33.1 Å². The molecule has 1 saturated heterocycles. The van der Waals surface area contributed by atoms with Gasteiger partial charge >= 0.3 is 0 Å². The van der Waals surface area contributed by atoms with Gasteiger partial charge in [0.15, 0.2) is 0 Å². The maximum atomic E-state index is 11.7. The summed E-state index contributed by atoms with van der Waals surface area (Å²) in [6.07, 6.45) is 2.31. The number of carbonyl (C=O) groups is 2. The first-order chi connectivity index (χ1) is 6.61. The molecule has 0 aromatic rings. The lowest BCUT2D eigenvalue weighted by molar-refractivity contribution is -0.147. The highest BCUT2D eigenvalue weighted by atomic mass is 16.2. The fourth-order valence-corrected chi connectivity index (χ4v) is 1.85. The van der Waals surface area contributed by atoms with Gasteiger partial charge in [-0.1, -0.05) is 20.3 Å². The van der Waals surface area contributed by atoms with Crippen LogP contribution in [0.15, 0.2) is 0 Å². The minimum atomic E-state index is -0.305. The predicted molar refractivity (Wildman–Crippen MR) is 53.7 cm³/mol. The van der Waals surface area contributed by atoms with E-state index < -0.39 is 0 Å². The zero-order chi connectivity index (χ0) is 10.7. The number of carbonyl (C=O) groups excluding carboxylic acids is 2. The predicted octanol–water partition coefficient (Wildman–Crippen LogP) is 0.522. The number of rotatable bonds is 3. The molecule has 4 heteroatoms. The third-order valence-electron chi connectivity index (χ3n) is 2.70. The molecule has 1 fully saturated rings. The lowest BCUT2D eigenvalue weighted by atomic mass is 10.0. The van der Waals surface area contributed by atoms with Crippen molar-refractivity contribution in [2.24, 2.45) is 0 Å². The highest BCUT2D eigenvalue weighted by Gasteiger charge is 2.36. The highest BCUT2D eigenvalue weighted by Crippen LogP contribution is 2.13. The first kappa shape index (κ1) is 11.0. The summed E-state index contributed by atoms with van der Waals surface area (Å²) < 4.78 is 0. The zero-order valence-corrected chi connectivity index (χ0v) is 9.04. The Bertz CT molecular complexity index is 236. The largest absolute Gasteiger partial charge is 0.343 e. The maximum Gasteiger partial charge on any atom is 0.245 e. The standard InChI is InChI=1S/C10H18N2O2/c1-4-6-7-10(14)12(3)8(5-2)9(13)11-7/h7-8H,4-6H2,1-3H3,(H,11,13). The maximum absolute atomic E-state index is 11.7. The van der Waals surface area contributed by atoms with E-state index in [1.165, 1.54) is 0 Å². The molecule has 1 rings (SSSR count). The quantitative estimate of drug-likeness (QED) is 0.718. The van der Waals surface area contributed by atoms with Gasteiger partial charge in [-0.2, -0.15) is 0 Å². The summed E-state index contributed by atoms with van der Waals surface area (Å²) in [5.41, 5.74) is 0. The zero-order valence-electron chi connectivity index (χ0n) is 9.04. The number of nitrogens with one attached hydrogen (secondary N) is 1. The number of likely N-dealkylation sites (N-methyl/N-ethyl adjacent to an activating group) is 1. The number of nitrogens with zero attached hydrogens (tertiary/aromatic N) is 1. The number of piperazine rings is 1. The molecule has 0 spiro atoms. The van der Waals surface area contributed by atoms with E-state index in [0.29, 0.717) is 6.42 Å². The van der Waals surface area contributed by atoms with E-state index in [0.717, 1.165) is 12.8 Å². The van der Waals surface area contributed by atoms with Crippen LogP contribution >= 0.6 is 0 Å². The molecule has 0 saturated carbocycles. The van der Waals surface area contributed by atoms with Gasteiger partial charge in [0.25, 0.3) is 0 Å². The van der Waals surface area contributed by atoms with Crippen molar-refractivity contribution >= 4 is 11.8 Å². The van der Waals surface area contributed by atoms with E-state index in [2.05, 4.69) is 5.32 Å².